The third-order valence-electron chi connectivity index (χ3n) is 4.30. The van der Waals surface area contributed by atoms with E-state index < -0.39 is 0 Å². The Labute approximate surface area is 141 Å². The number of hydrogen-bond donors (Lipinski definition) is 1. The fraction of sp³-hybridized carbons (Fsp3) is 0.263. The van der Waals surface area contributed by atoms with Crippen LogP contribution in [0.15, 0.2) is 48.5 Å². The SMILES string of the molecule is Cc1ccccc1CN(C)C(=O)c1ccc(N2CCNC2=O)cc1. The van der Waals surface area contributed by atoms with E-state index in [9.17, 15) is 9.59 Å². The second-order valence-corrected chi connectivity index (χ2v) is 6.02. The molecule has 1 aliphatic rings. The Morgan fingerprint density at radius 2 is 1.88 bits per heavy atom. The van der Waals surface area contributed by atoms with Crippen molar-refractivity contribution in [2.75, 3.05) is 25.0 Å². The second-order valence-electron chi connectivity index (χ2n) is 6.02. The summed E-state index contributed by atoms with van der Waals surface area (Å²) in [5.74, 6) is -0.0318. The molecule has 0 atom stereocenters. The first-order chi connectivity index (χ1) is 11.6. The van der Waals surface area contributed by atoms with E-state index in [2.05, 4.69) is 5.32 Å². The monoisotopic (exact) mass is 323 g/mol. The van der Waals surface area contributed by atoms with Crippen molar-refractivity contribution in [3.05, 3.63) is 65.2 Å². The van der Waals surface area contributed by atoms with E-state index in [4.69, 9.17) is 0 Å². The molecule has 1 heterocycles. The average molecular weight is 323 g/mol. The van der Waals surface area contributed by atoms with Gasteiger partial charge in [0.05, 0.1) is 0 Å². The van der Waals surface area contributed by atoms with Crippen molar-refractivity contribution < 1.29 is 9.59 Å². The minimum atomic E-state index is -0.0919. The molecule has 1 saturated heterocycles. The van der Waals surface area contributed by atoms with Gasteiger partial charge in [0, 0.05) is 37.9 Å². The highest BCUT2D eigenvalue weighted by atomic mass is 16.2. The van der Waals surface area contributed by atoms with Crippen LogP contribution in [0.1, 0.15) is 21.5 Å². The van der Waals surface area contributed by atoms with Gasteiger partial charge in [0.25, 0.3) is 5.91 Å². The van der Waals surface area contributed by atoms with E-state index >= 15 is 0 Å². The van der Waals surface area contributed by atoms with Gasteiger partial charge in [0.15, 0.2) is 0 Å². The number of rotatable bonds is 4. The summed E-state index contributed by atoms with van der Waals surface area (Å²) in [6.07, 6.45) is 0. The van der Waals surface area contributed by atoms with Gasteiger partial charge in [0.2, 0.25) is 0 Å². The van der Waals surface area contributed by atoms with Crippen molar-refractivity contribution in [1.82, 2.24) is 10.2 Å². The summed E-state index contributed by atoms with van der Waals surface area (Å²) >= 11 is 0. The standard InChI is InChI=1S/C19H21N3O2/c1-14-5-3-4-6-16(14)13-21(2)18(23)15-7-9-17(10-8-15)22-12-11-20-19(22)24/h3-10H,11-13H2,1-2H3,(H,20,24). The number of benzene rings is 2. The van der Waals surface area contributed by atoms with E-state index in [0.29, 0.717) is 25.2 Å². The number of anilines is 1. The molecule has 0 aromatic heterocycles. The highest BCUT2D eigenvalue weighted by Crippen LogP contribution is 2.18. The van der Waals surface area contributed by atoms with Gasteiger partial charge >= 0.3 is 6.03 Å². The lowest BCUT2D eigenvalue weighted by molar-refractivity contribution is 0.0785. The molecule has 1 N–H and O–H groups in total. The first-order valence-electron chi connectivity index (χ1n) is 8.01. The Bertz CT molecular complexity index is 755. The average Bonchev–Trinajstić information content (AvgIpc) is 3.02. The molecule has 5 heteroatoms. The molecule has 0 aliphatic carbocycles. The van der Waals surface area contributed by atoms with E-state index in [1.807, 2.05) is 43.3 Å². The van der Waals surface area contributed by atoms with Gasteiger partial charge in [-0.2, -0.15) is 0 Å². The number of nitrogens with one attached hydrogen (secondary N) is 1. The molecule has 0 bridgehead atoms. The number of amides is 3. The number of hydrogen-bond acceptors (Lipinski definition) is 2. The molecule has 0 radical (unpaired) electrons. The number of urea groups is 1. The topological polar surface area (TPSA) is 52.7 Å². The lowest BCUT2D eigenvalue weighted by Crippen LogP contribution is -2.28. The molecule has 5 nitrogen and oxygen atoms in total. The number of aryl methyl sites for hydroxylation is 1. The molecule has 2 aromatic rings. The van der Waals surface area contributed by atoms with Crippen LogP contribution in [0.2, 0.25) is 0 Å². The Balaban J connectivity index is 1.70. The molecule has 124 valence electrons. The molecule has 0 spiro atoms. The smallest absolute Gasteiger partial charge is 0.321 e. The first-order valence-corrected chi connectivity index (χ1v) is 8.01. The minimum absolute atomic E-state index is 0.0318. The van der Waals surface area contributed by atoms with Crippen LogP contribution in [-0.4, -0.2) is 37.0 Å². The zero-order chi connectivity index (χ0) is 17.1. The van der Waals surface area contributed by atoms with E-state index in [1.54, 1.807) is 29.0 Å². The molecule has 1 aliphatic heterocycles. The van der Waals surface area contributed by atoms with Crippen LogP contribution in [0.5, 0.6) is 0 Å². The van der Waals surface area contributed by atoms with E-state index in [0.717, 1.165) is 11.3 Å². The van der Waals surface area contributed by atoms with Crippen LogP contribution in [0.25, 0.3) is 0 Å². The van der Waals surface area contributed by atoms with Crippen LogP contribution in [0.4, 0.5) is 10.5 Å². The molecule has 2 aromatic carbocycles. The maximum atomic E-state index is 12.6. The highest BCUT2D eigenvalue weighted by Gasteiger charge is 2.21. The quantitative estimate of drug-likeness (QED) is 0.940. The van der Waals surface area contributed by atoms with Gasteiger partial charge in [-0.15, -0.1) is 0 Å². The second kappa shape index (κ2) is 6.74. The molecule has 3 rings (SSSR count). The summed E-state index contributed by atoms with van der Waals surface area (Å²) in [6, 6.07) is 15.2. The number of carbonyl (C=O) groups is 2. The summed E-state index contributed by atoms with van der Waals surface area (Å²) in [5, 5.41) is 2.77. The minimum Gasteiger partial charge on any atom is -0.337 e. The van der Waals surface area contributed by atoms with Gasteiger partial charge in [-0.1, -0.05) is 24.3 Å². The summed E-state index contributed by atoms with van der Waals surface area (Å²) in [4.78, 5) is 27.6. The van der Waals surface area contributed by atoms with Crippen LogP contribution >= 0.6 is 0 Å². The lowest BCUT2D eigenvalue weighted by atomic mass is 10.1. The van der Waals surface area contributed by atoms with Crippen molar-refractivity contribution in [2.24, 2.45) is 0 Å². The number of nitrogens with zero attached hydrogens (tertiary/aromatic N) is 2. The third kappa shape index (κ3) is 3.25. The van der Waals surface area contributed by atoms with Crippen LogP contribution in [-0.2, 0) is 6.54 Å². The Morgan fingerprint density at radius 1 is 1.17 bits per heavy atom. The van der Waals surface area contributed by atoms with Crippen molar-refractivity contribution in [3.63, 3.8) is 0 Å². The maximum absolute atomic E-state index is 12.6. The summed E-state index contributed by atoms with van der Waals surface area (Å²) in [7, 11) is 1.80. The summed E-state index contributed by atoms with van der Waals surface area (Å²) in [5.41, 5.74) is 3.74. The molecular formula is C19H21N3O2. The van der Waals surface area contributed by atoms with Crippen molar-refractivity contribution in [3.8, 4) is 0 Å². The Morgan fingerprint density at radius 3 is 2.50 bits per heavy atom. The lowest BCUT2D eigenvalue weighted by Gasteiger charge is -2.19. The fourth-order valence-corrected chi connectivity index (χ4v) is 2.84. The zero-order valence-corrected chi connectivity index (χ0v) is 14.0. The Kier molecular flexibility index (Phi) is 4.51. The normalized spacial score (nSPS) is 13.8. The van der Waals surface area contributed by atoms with Gasteiger partial charge in [-0.25, -0.2) is 4.79 Å². The molecule has 0 unspecified atom stereocenters. The maximum Gasteiger partial charge on any atom is 0.321 e. The molecule has 0 saturated carbocycles. The van der Waals surface area contributed by atoms with Gasteiger partial charge in [-0.3, -0.25) is 9.69 Å². The largest absolute Gasteiger partial charge is 0.337 e. The molecule has 3 amide bonds. The van der Waals surface area contributed by atoms with Gasteiger partial charge < -0.3 is 10.2 Å². The summed E-state index contributed by atoms with van der Waals surface area (Å²) in [6.45, 7) is 3.92. The van der Waals surface area contributed by atoms with Crippen LogP contribution in [0, 0.1) is 6.92 Å². The Hall–Kier alpha value is -2.82. The third-order valence-corrected chi connectivity index (χ3v) is 4.30. The van der Waals surface area contributed by atoms with Crippen molar-refractivity contribution >= 4 is 17.6 Å². The summed E-state index contributed by atoms with van der Waals surface area (Å²) < 4.78 is 0. The number of carbonyl (C=O) groups excluding carboxylic acids is 2. The predicted octanol–water partition coefficient (Wildman–Crippen LogP) is 2.80. The molecule has 24 heavy (non-hydrogen) atoms. The van der Waals surface area contributed by atoms with Crippen LogP contribution in [0.3, 0.4) is 0 Å². The van der Waals surface area contributed by atoms with Crippen LogP contribution < -0.4 is 10.2 Å². The molecular weight excluding hydrogens is 302 g/mol. The fourth-order valence-electron chi connectivity index (χ4n) is 2.84. The zero-order valence-electron chi connectivity index (χ0n) is 14.0. The highest BCUT2D eigenvalue weighted by molar-refractivity contribution is 5.96. The van der Waals surface area contributed by atoms with Crippen molar-refractivity contribution in [2.45, 2.75) is 13.5 Å². The van der Waals surface area contributed by atoms with Gasteiger partial charge in [0.1, 0.15) is 0 Å². The molecule has 1 fully saturated rings. The van der Waals surface area contributed by atoms with E-state index in [-0.39, 0.29) is 11.9 Å². The van der Waals surface area contributed by atoms with Gasteiger partial charge in [-0.05, 0) is 42.3 Å². The van der Waals surface area contributed by atoms with Crippen molar-refractivity contribution in [1.29, 1.82) is 0 Å². The first kappa shape index (κ1) is 16.1. The predicted molar refractivity (Wildman–Crippen MR) is 94.2 cm³/mol. The van der Waals surface area contributed by atoms with E-state index in [1.165, 1.54) is 5.56 Å².